The van der Waals surface area contributed by atoms with E-state index < -0.39 is 9.84 Å². The van der Waals surface area contributed by atoms with Crippen LogP contribution in [0.4, 0.5) is 5.69 Å². The zero-order valence-electron chi connectivity index (χ0n) is 12.9. The van der Waals surface area contributed by atoms with Gasteiger partial charge in [0.05, 0.1) is 16.3 Å². The summed E-state index contributed by atoms with van der Waals surface area (Å²) >= 11 is 0. The molecule has 2 aromatic rings. The monoisotopic (exact) mass is 303 g/mol. The van der Waals surface area contributed by atoms with Crippen molar-refractivity contribution in [3.63, 3.8) is 0 Å². The number of rotatable bonds is 3. The Morgan fingerprint density at radius 3 is 2.10 bits per heavy atom. The first kappa shape index (κ1) is 15.6. The Bertz CT molecular complexity index is 769. The van der Waals surface area contributed by atoms with Crippen LogP contribution in [-0.4, -0.2) is 8.42 Å². The van der Waals surface area contributed by atoms with Gasteiger partial charge in [0.1, 0.15) is 0 Å². The second-order valence-corrected chi connectivity index (χ2v) is 7.58. The molecule has 0 heterocycles. The lowest BCUT2D eigenvalue weighted by Gasteiger charge is -2.14. The van der Waals surface area contributed by atoms with E-state index in [1.165, 1.54) is 0 Å². The minimum absolute atomic E-state index is 0.0153. The molecule has 0 radical (unpaired) electrons. The van der Waals surface area contributed by atoms with Gasteiger partial charge < -0.3 is 5.73 Å². The number of hydrogen-bond donors (Lipinski definition) is 1. The molecule has 0 aliphatic rings. The maximum atomic E-state index is 12.7. The Morgan fingerprint density at radius 1 is 0.952 bits per heavy atom. The van der Waals surface area contributed by atoms with Gasteiger partial charge in [-0.25, -0.2) is 8.42 Å². The van der Waals surface area contributed by atoms with Crippen LogP contribution in [0, 0.1) is 27.7 Å². The van der Waals surface area contributed by atoms with Crippen LogP contribution in [-0.2, 0) is 15.6 Å². The third kappa shape index (κ3) is 3.10. The van der Waals surface area contributed by atoms with E-state index >= 15 is 0 Å². The molecule has 2 rings (SSSR count). The molecule has 0 aliphatic carbocycles. The molecule has 0 saturated heterocycles. The van der Waals surface area contributed by atoms with Gasteiger partial charge >= 0.3 is 0 Å². The first-order chi connectivity index (χ1) is 9.72. The van der Waals surface area contributed by atoms with Crippen molar-refractivity contribution < 1.29 is 8.42 Å². The van der Waals surface area contributed by atoms with Gasteiger partial charge in [0, 0.05) is 0 Å². The van der Waals surface area contributed by atoms with Crippen molar-refractivity contribution >= 4 is 15.5 Å². The van der Waals surface area contributed by atoms with Crippen LogP contribution in [0.15, 0.2) is 35.2 Å². The van der Waals surface area contributed by atoms with Gasteiger partial charge in [-0.05, 0) is 56.0 Å². The van der Waals surface area contributed by atoms with Crippen molar-refractivity contribution in [2.45, 2.75) is 38.3 Å². The molecule has 0 unspecified atom stereocenters. The van der Waals surface area contributed by atoms with Crippen molar-refractivity contribution in [3.8, 4) is 0 Å². The topological polar surface area (TPSA) is 60.2 Å². The minimum Gasteiger partial charge on any atom is -0.397 e. The van der Waals surface area contributed by atoms with Crippen molar-refractivity contribution in [2.75, 3.05) is 5.73 Å². The third-order valence-corrected chi connectivity index (χ3v) is 5.49. The maximum absolute atomic E-state index is 12.7. The molecule has 4 heteroatoms. The van der Waals surface area contributed by atoms with Crippen LogP contribution < -0.4 is 5.73 Å². The molecule has 2 aromatic carbocycles. The van der Waals surface area contributed by atoms with Crippen molar-refractivity contribution in [3.05, 3.63) is 58.1 Å². The van der Waals surface area contributed by atoms with Gasteiger partial charge in [-0.3, -0.25) is 0 Å². The van der Waals surface area contributed by atoms with Crippen LogP contribution >= 0.6 is 0 Å². The molecule has 21 heavy (non-hydrogen) atoms. The number of aryl methyl sites for hydroxylation is 4. The van der Waals surface area contributed by atoms with Crippen LogP contribution in [0.1, 0.15) is 27.8 Å². The Morgan fingerprint density at radius 2 is 1.52 bits per heavy atom. The van der Waals surface area contributed by atoms with E-state index in [1.807, 2.05) is 45.9 Å². The fraction of sp³-hybridized carbons (Fsp3) is 0.294. The summed E-state index contributed by atoms with van der Waals surface area (Å²) in [4.78, 5) is 0.224. The fourth-order valence-electron chi connectivity index (χ4n) is 2.63. The first-order valence-electron chi connectivity index (χ1n) is 6.87. The number of hydrogen-bond acceptors (Lipinski definition) is 3. The zero-order valence-corrected chi connectivity index (χ0v) is 13.7. The molecule has 0 amide bonds. The van der Waals surface area contributed by atoms with Gasteiger partial charge in [0.2, 0.25) is 0 Å². The summed E-state index contributed by atoms with van der Waals surface area (Å²) in [6.45, 7) is 7.72. The molecule has 0 aliphatic heterocycles. The number of para-hydroxylation sites is 1. The quantitative estimate of drug-likeness (QED) is 0.883. The molecule has 0 fully saturated rings. The lowest BCUT2D eigenvalue weighted by Crippen LogP contribution is -2.11. The highest BCUT2D eigenvalue weighted by molar-refractivity contribution is 7.90. The zero-order chi connectivity index (χ0) is 15.8. The van der Waals surface area contributed by atoms with Crippen LogP contribution in [0.3, 0.4) is 0 Å². The standard InChI is InChI=1S/C17H21NO2S/c1-11-8-13(3)15(14(4)9-11)10-21(19,20)16-7-5-6-12(2)17(16)18/h5-9H,10,18H2,1-4H3. The summed E-state index contributed by atoms with van der Waals surface area (Å²) in [7, 11) is -3.45. The molecule has 0 spiro atoms. The Labute approximate surface area is 126 Å². The molecule has 3 nitrogen and oxygen atoms in total. The molecular weight excluding hydrogens is 282 g/mol. The molecular formula is C17H21NO2S. The lowest BCUT2D eigenvalue weighted by molar-refractivity contribution is 0.595. The van der Waals surface area contributed by atoms with E-state index in [9.17, 15) is 8.42 Å². The number of nitrogen functional groups attached to an aromatic ring is 1. The van der Waals surface area contributed by atoms with Crippen molar-refractivity contribution in [2.24, 2.45) is 0 Å². The van der Waals surface area contributed by atoms with Gasteiger partial charge in [-0.1, -0.05) is 29.8 Å². The first-order valence-corrected chi connectivity index (χ1v) is 8.52. The Balaban J connectivity index is 2.50. The smallest absolute Gasteiger partial charge is 0.184 e. The number of nitrogens with two attached hydrogens (primary N) is 1. The van der Waals surface area contributed by atoms with Crippen LogP contribution in [0.5, 0.6) is 0 Å². The van der Waals surface area contributed by atoms with Crippen molar-refractivity contribution in [1.82, 2.24) is 0 Å². The SMILES string of the molecule is Cc1cc(C)c(CS(=O)(=O)c2cccc(C)c2N)c(C)c1. The fourth-order valence-corrected chi connectivity index (χ4v) is 4.40. The highest BCUT2D eigenvalue weighted by Gasteiger charge is 2.21. The number of anilines is 1. The minimum atomic E-state index is -3.45. The van der Waals surface area contributed by atoms with E-state index in [-0.39, 0.29) is 10.6 Å². The molecule has 0 aromatic heterocycles. The van der Waals surface area contributed by atoms with Crippen molar-refractivity contribution in [1.29, 1.82) is 0 Å². The van der Waals surface area contributed by atoms with Gasteiger partial charge in [-0.15, -0.1) is 0 Å². The van der Waals surface area contributed by atoms with Gasteiger partial charge in [-0.2, -0.15) is 0 Å². The van der Waals surface area contributed by atoms with Gasteiger partial charge in [0.25, 0.3) is 0 Å². The Hall–Kier alpha value is -1.81. The molecule has 112 valence electrons. The lowest BCUT2D eigenvalue weighted by atomic mass is 10.0. The van der Waals surface area contributed by atoms with E-state index in [0.717, 1.165) is 27.8 Å². The highest BCUT2D eigenvalue weighted by Crippen LogP contribution is 2.27. The average Bonchev–Trinajstić information content (AvgIpc) is 2.37. The average molecular weight is 303 g/mol. The Kier molecular flexibility index (Phi) is 4.10. The predicted molar refractivity (Wildman–Crippen MR) is 87.1 cm³/mol. The summed E-state index contributed by atoms with van der Waals surface area (Å²) in [6, 6.07) is 9.15. The second-order valence-electron chi connectivity index (χ2n) is 5.62. The van der Waals surface area contributed by atoms with Crippen LogP contribution in [0.25, 0.3) is 0 Å². The van der Waals surface area contributed by atoms with E-state index in [4.69, 9.17) is 5.73 Å². The van der Waals surface area contributed by atoms with E-state index in [1.54, 1.807) is 12.1 Å². The van der Waals surface area contributed by atoms with Crippen LogP contribution in [0.2, 0.25) is 0 Å². The number of benzene rings is 2. The summed E-state index contributed by atoms with van der Waals surface area (Å²) in [6.07, 6.45) is 0. The second kappa shape index (κ2) is 5.53. The van der Waals surface area contributed by atoms with Gasteiger partial charge in [0.15, 0.2) is 9.84 Å². The summed E-state index contributed by atoms with van der Waals surface area (Å²) in [5.74, 6) is -0.0153. The summed E-state index contributed by atoms with van der Waals surface area (Å²) in [5, 5.41) is 0. The predicted octanol–water partition coefficient (Wildman–Crippen LogP) is 3.48. The largest absolute Gasteiger partial charge is 0.397 e. The number of sulfone groups is 1. The molecule has 0 saturated carbocycles. The van der Waals surface area contributed by atoms with E-state index in [2.05, 4.69) is 0 Å². The van der Waals surface area contributed by atoms with E-state index in [0.29, 0.717) is 5.69 Å². The molecule has 0 atom stereocenters. The summed E-state index contributed by atoms with van der Waals surface area (Å²) < 4.78 is 25.4. The third-order valence-electron chi connectivity index (χ3n) is 3.79. The highest BCUT2D eigenvalue weighted by atomic mass is 32.2. The molecule has 0 bridgehead atoms. The molecule has 2 N–H and O–H groups in total. The summed E-state index contributed by atoms with van der Waals surface area (Å²) in [5.41, 5.74) is 11.1. The maximum Gasteiger partial charge on any atom is 0.184 e. The normalized spacial score (nSPS) is 11.6.